The molecular formula is C13H27N3O. The molecule has 2 rings (SSSR count). The van der Waals surface area contributed by atoms with Crippen molar-refractivity contribution in [3.05, 3.63) is 0 Å². The Bertz CT molecular complexity index is 211. The lowest BCUT2D eigenvalue weighted by Gasteiger charge is -2.36. The molecule has 2 atom stereocenters. The molecule has 2 saturated heterocycles. The van der Waals surface area contributed by atoms with Gasteiger partial charge in [0.25, 0.3) is 0 Å². The first-order valence-corrected chi connectivity index (χ1v) is 7.01. The molecule has 2 fully saturated rings. The van der Waals surface area contributed by atoms with Crippen molar-refractivity contribution in [3.63, 3.8) is 0 Å². The van der Waals surface area contributed by atoms with Crippen LogP contribution in [0.3, 0.4) is 0 Å². The largest absolute Gasteiger partial charge is 0.381 e. The van der Waals surface area contributed by atoms with Crippen LogP contribution >= 0.6 is 0 Å². The fraction of sp³-hybridized carbons (Fsp3) is 1.00. The van der Waals surface area contributed by atoms with Gasteiger partial charge in [-0.1, -0.05) is 6.92 Å². The van der Waals surface area contributed by atoms with Gasteiger partial charge in [-0.15, -0.1) is 0 Å². The second kappa shape index (κ2) is 6.69. The van der Waals surface area contributed by atoms with Crippen molar-refractivity contribution >= 4 is 0 Å². The van der Waals surface area contributed by atoms with Gasteiger partial charge >= 0.3 is 0 Å². The summed E-state index contributed by atoms with van der Waals surface area (Å²) in [5.41, 5.74) is 0. The molecule has 2 aliphatic heterocycles. The average molecular weight is 241 g/mol. The van der Waals surface area contributed by atoms with Crippen molar-refractivity contribution in [2.75, 3.05) is 59.5 Å². The summed E-state index contributed by atoms with van der Waals surface area (Å²) >= 11 is 0. The average Bonchev–Trinajstić information content (AvgIpc) is 2.85. The van der Waals surface area contributed by atoms with E-state index in [1.807, 2.05) is 0 Å². The molecule has 4 nitrogen and oxygen atoms in total. The fourth-order valence-corrected chi connectivity index (χ4v) is 2.82. The second-order valence-corrected chi connectivity index (χ2v) is 5.39. The van der Waals surface area contributed by atoms with Gasteiger partial charge in [0.2, 0.25) is 0 Å². The van der Waals surface area contributed by atoms with E-state index >= 15 is 0 Å². The van der Waals surface area contributed by atoms with Crippen LogP contribution in [0, 0.1) is 5.92 Å². The van der Waals surface area contributed by atoms with Crippen LogP contribution in [0.25, 0.3) is 0 Å². The predicted octanol–water partition coefficient (Wildman–Crippen LogP) is 0.248. The SMILES string of the molecule is CCNC(CN1CCN(C)CC1)C1CCOC1. The number of likely N-dealkylation sites (N-methyl/N-ethyl adjacent to an activating group) is 2. The molecule has 0 aromatic carbocycles. The van der Waals surface area contributed by atoms with Gasteiger partial charge in [-0.3, -0.25) is 4.90 Å². The van der Waals surface area contributed by atoms with Gasteiger partial charge in [0.15, 0.2) is 0 Å². The first kappa shape index (κ1) is 13.3. The lowest BCUT2D eigenvalue weighted by Crippen LogP contribution is -2.51. The zero-order chi connectivity index (χ0) is 12.1. The van der Waals surface area contributed by atoms with Crippen molar-refractivity contribution in [2.45, 2.75) is 19.4 Å². The number of hydrogen-bond donors (Lipinski definition) is 1. The highest BCUT2D eigenvalue weighted by Crippen LogP contribution is 2.18. The normalized spacial score (nSPS) is 29.6. The van der Waals surface area contributed by atoms with Crippen LogP contribution in [0.15, 0.2) is 0 Å². The molecule has 0 amide bonds. The highest BCUT2D eigenvalue weighted by molar-refractivity contribution is 4.83. The Morgan fingerprint density at radius 3 is 2.65 bits per heavy atom. The Morgan fingerprint density at radius 2 is 2.06 bits per heavy atom. The zero-order valence-corrected chi connectivity index (χ0v) is 11.3. The number of nitrogens with zero attached hydrogens (tertiary/aromatic N) is 2. The summed E-state index contributed by atoms with van der Waals surface area (Å²) in [5.74, 6) is 0.717. The second-order valence-electron chi connectivity index (χ2n) is 5.39. The summed E-state index contributed by atoms with van der Waals surface area (Å²) in [6.07, 6.45) is 1.23. The van der Waals surface area contributed by atoms with Gasteiger partial charge < -0.3 is 15.0 Å². The Morgan fingerprint density at radius 1 is 1.29 bits per heavy atom. The Hall–Kier alpha value is -0.160. The number of piperazine rings is 1. The Kier molecular flexibility index (Phi) is 5.22. The number of ether oxygens (including phenoxy) is 1. The lowest BCUT2D eigenvalue weighted by molar-refractivity contribution is 0.123. The van der Waals surface area contributed by atoms with Crippen molar-refractivity contribution in [2.24, 2.45) is 5.92 Å². The fourth-order valence-electron chi connectivity index (χ4n) is 2.82. The Balaban J connectivity index is 1.79. The molecule has 17 heavy (non-hydrogen) atoms. The minimum absolute atomic E-state index is 0.617. The monoisotopic (exact) mass is 241 g/mol. The standard InChI is InChI=1S/C13H27N3O/c1-3-14-13(12-4-9-17-11-12)10-16-7-5-15(2)6-8-16/h12-14H,3-11H2,1-2H3. The topological polar surface area (TPSA) is 27.7 Å². The van der Waals surface area contributed by atoms with E-state index < -0.39 is 0 Å². The molecule has 0 aromatic heterocycles. The summed E-state index contributed by atoms with van der Waals surface area (Å²) in [5, 5.41) is 3.65. The van der Waals surface area contributed by atoms with E-state index in [0.29, 0.717) is 6.04 Å². The van der Waals surface area contributed by atoms with Gasteiger partial charge in [-0.25, -0.2) is 0 Å². The molecule has 2 unspecified atom stereocenters. The van der Waals surface area contributed by atoms with Crippen molar-refractivity contribution in [1.29, 1.82) is 0 Å². The maximum atomic E-state index is 5.52. The van der Waals surface area contributed by atoms with Crippen LogP contribution in [0.4, 0.5) is 0 Å². The van der Waals surface area contributed by atoms with Crippen LogP contribution in [0.1, 0.15) is 13.3 Å². The third-order valence-corrected chi connectivity index (χ3v) is 4.05. The van der Waals surface area contributed by atoms with Crippen molar-refractivity contribution in [3.8, 4) is 0 Å². The molecule has 0 bridgehead atoms. The van der Waals surface area contributed by atoms with Gasteiger partial charge in [0.1, 0.15) is 0 Å². The summed E-state index contributed by atoms with van der Waals surface area (Å²) < 4.78 is 5.52. The molecule has 0 aromatic rings. The van der Waals surface area contributed by atoms with E-state index in [0.717, 1.165) is 25.7 Å². The van der Waals surface area contributed by atoms with E-state index in [9.17, 15) is 0 Å². The molecule has 0 aliphatic carbocycles. The minimum atomic E-state index is 0.617. The number of hydrogen-bond acceptors (Lipinski definition) is 4. The molecule has 0 saturated carbocycles. The molecule has 1 N–H and O–H groups in total. The van der Waals surface area contributed by atoms with Gasteiger partial charge in [0.05, 0.1) is 6.61 Å². The van der Waals surface area contributed by atoms with Gasteiger partial charge in [-0.2, -0.15) is 0 Å². The highest BCUT2D eigenvalue weighted by Gasteiger charge is 2.27. The number of rotatable bonds is 5. The summed E-state index contributed by atoms with van der Waals surface area (Å²) in [7, 11) is 2.21. The molecule has 4 heteroatoms. The minimum Gasteiger partial charge on any atom is -0.381 e. The maximum Gasteiger partial charge on any atom is 0.0510 e. The quantitative estimate of drug-likeness (QED) is 0.747. The third kappa shape index (κ3) is 3.91. The van der Waals surface area contributed by atoms with Crippen molar-refractivity contribution in [1.82, 2.24) is 15.1 Å². The first-order valence-electron chi connectivity index (χ1n) is 7.01. The lowest BCUT2D eigenvalue weighted by atomic mass is 9.98. The highest BCUT2D eigenvalue weighted by atomic mass is 16.5. The van der Waals surface area contributed by atoms with E-state index in [1.54, 1.807) is 0 Å². The first-order chi connectivity index (χ1) is 8.29. The van der Waals surface area contributed by atoms with Gasteiger partial charge in [-0.05, 0) is 20.0 Å². The maximum absolute atomic E-state index is 5.52. The summed E-state index contributed by atoms with van der Waals surface area (Å²) in [6, 6.07) is 0.617. The zero-order valence-electron chi connectivity index (χ0n) is 11.3. The van der Waals surface area contributed by atoms with Crippen LogP contribution in [-0.4, -0.2) is 75.4 Å². The van der Waals surface area contributed by atoms with Crippen LogP contribution in [0.5, 0.6) is 0 Å². The number of nitrogens with one attached hydrogen (secondary N) is 1. The molecule has 0 spiro atoms. The molecule has 2 aliphatic rings. The summed E-state index contributed by atoms with van der Waals surface area (Å²) in [4.78, 5) is 5.02. The van der Waals surface area contributed by atoms with Crippen LogP contribution in [0.2, 0.25) is 0 Å². The van der Waals surface area contributed by atoms with Crippen LogP contribution in [-0.2, 0) is 4.74 Å². The van der Waals surface area contributed by atoms with Gasteiger partial charge in [0, 0.05) is 51.3 Å². The summed E-state index contributed by atoms with van der Waals surface area (Å²) in [6.45, 7) is 11.2. The smallest absolute Gasteiger partial charge is 0.0510 e. The molecular weight excluding hydrogens is 214 g/mol. The molecule has 2 heterocycles. The van der Waals surface area contributed by atoms with E-state index in [2.05, 4.69) is 29.1 Å². The van der Waals surface area contributed by atoms with E-state index in [1.165, 1.54) is 39.1 Å². The van der Waals surface area contributed by atoms with E-state index in [4.69, 9.17) is 4.74 Å². The van der Waals surface area contributed by atoms with Crippen LogP contribution < -0.4 is 5.32 Å². The predicted molar refractivity (Wildman–Crippen MR) is 70.3 cm³/mol. The van der Waals surface area contributed by atoms with Crippen molar-refractivity contribution < 1.29 is 4.74 Å². The molecule has 100 valence electrons. The third-order valence-electron chi connectivity index (χ3n) is 4.05. The molecule has 0 radical (unpaired) electrons. The Labute approximate surface area is 105 Å². The van der Waals surface area contributed by atoms with E-state index in [-0.39, 0.29) is 0 Å².